The van der Waals surface area contributed by atoms with Crippen LogP contribution in [0.5, 0.6) is 0 Å². The van der Waals surface area contributed by atoms with Gasteiger partial charge in [0.1, 0.15) is 4.90 Å². The molecule has 1 amide bonds. The normalized spacial score (nSPS) is 12.0. The molecule has 0 spiro atoms. The van der Waals surface area contributed by atoms with Gasteiger partial charge in [0.25, 0.3) is 5.91 Å². The van der Waals surface area contributed by atoms with E-state index in [0.717, 1.165) is 13.0 Å². The molecule has 2 N–H and O–H groups in total. The van der Waals surface area contributed by atoms with Crippen molar-refractivity contribution in [3.63, 3.8) is 0 Å². The van der Waals surface area contributed by atoms with Crippen LogP contribution in [0.15, 0.2) is 17.0 Å². The van der Waals surface area contributed by atoms with Crippen LogP contribution in [-0.2, 0) is 10.0 Å². The maximum atomic E-state index is 12.3. The van der Waals surface area contributed by atoms with Gasteiger partial charge in [-0.3, -0.25) is 4.79 Å². The molecule has 0 aliphatic heterocycles. The quantitative estimate of drug-likeness (QED) is 0.662. The molecule has 0 heterocycles. The minimum absolute atomic E-state index is 0.0303. The highest BCUT2D eigenvalue weighted by Crippen LogP contribution is 2.28. The van der Waals surface area contributed by atoms with E-state index in [1.165, 1.54) is 12.1 Å². The van der Waals surface area contributed by atoms with Crippen LogP contribution in [0.1, 0.15) is 30.6 Å². The van der Waals surface area contributed by atoms with Crippen LogP contribution in [-0.4, -0.2) is 52.5 Å². The summed E-state index contributed by atoms with van der Waals surface area (Å²) in [6.45, 7) is 4.67. The van der Waals surface area contributed by atoms with E-state index in [4.69, 9.17) is 23.2 Å². The fourth-order valence-corrected chi connectivity index (χ4v) is 4.09. The molecule has 1 aromatic carbocycles. The third-order valence-corrected chi connectivity index (χ3v) is 5.45. The summed E-state index contributed by atoms with van der Waals surface area (Å²) in [5, 5.41) is 2.80. The second-order valence-corrected chi connectivity index (χ2v) is 8.45. The second-order valence-electron chi connectivity index (χ2n) is 5.95. The molecule has 24 heavy (non-hydrogen) atoms. The smallest absolute Gasteiger partial charge is 0.252 e. The topological polar surface area (TPSA) is 78.5 Å². The Morgan fingerprint density at radius 1 is 1.21 bits per heavy atom. The number of rotatable bonds is 8. The average molecular weight is 396 g/mol. The number of sulfonamides is 1. The number of hydrogen-bond acceptors (Lipinski definition) is 4. The van der Waals surface area contributed by atoms with Crippen LogP contribution >= 0.6 is 23.2 Å². The summed E-state index contributed by atoms with van der Waals surface area (Å²) in [4.78, 5) is 14.1. The Bertz CT molecular complexity index is 691. The van der Waals surface area contributed by atoms with E-state index in [1.54, 1.807) is 13.8 Å². The van der Waals surface area contributed by atoms with E-state index < -0.39 is 15.9 Å². The van der Waals surface area contributed by atoms with Gasteiger partial charge in [-0.1, -0.05) is 23.2 Å². The largest absolute Gasteiger partial charge is 0.352 e. The molecule has 1 rings (SSSR count). The van der Waals surface area contributed by atoms with Crippen LogP contribution in [0.2, 0.25) is 10.0 Å². The van der Waals surface area contributed by atoms with Crippen molar-refractivity contribution in [2.45, 2.75) is 31.2 Å². The molecule has 136 valence electrons. The van der Waals surface area contributed by atoms with Gasteiger partial charge >= 0.3 is 0 Å². The Kier molecular flexibility index (Phi) is 7.95. The summed E-state index contributed by atoms with van der Waals surface area (Å²) in [6.07, 6.45) is 0.768. The lowest BCUT2D eigenvalue weighted by molar-refractivity contribution is 0.0952. The van der Waals surface area contributed by atoms with Crippen molar-refractivity contribution in [3.8, 4) is 0 Å². The lowest BCUT2D eigenvalue weighted by atomic mass is 10.2. The predicted octanol–water partition coefficient (Wildman–Crippen LogP) is 2.36. The number of benzene rings is 1. The first-order valence-electron chi connectivity index (χ1n) is 7.49. The molecule has 0 aliphatic carbocycles. The predicted molar refractivity (Wildman–Crippen MR) is 97.4 cm³/mol. The average Bonchev–Trinajstić information content (AvgIpc) is 2.41. The SMILES string of the molecule is CC(C)NS(=O)(=O)c1cc(C(=O)NCCCN(C)C)c(Cl)cc1Cl. The molecule has 0 aromatic heterocycles. The van der Waals surface area contributed by atoms with Gasteiger partial charge in [-0.05, 0) is 53.0 Å². The minimum atomic E-state index is -3.83. The van der Waals surface area contributed by atoms with E-state index in [1.807, 2.05) is 19.0 Å². The first kappa shape index (κ1) is 21.2. The number of carbonyl (C=O) groups excluding carboxylic acids is 1. The summed E-state index contributed by atoms with van der Waals surface area (Å²) in [5.74, 6) is -0.434. The summed E-state index contributed by atoms with van der Waals surface area (Å²) in [6, 6.07) is 2.17. The van der Waals surface area contributed by atoms with Crippen LogP contribution in [0, 0.1) is 0 Å². The Hall–Kier alpha value is -0.860. The molecule has 9 heteroatoms. The maximum absolute atomic E-state index is 12.3. The Morgan fingerprint density at radius 2 is 1.83 bits per heavy atom. The van der Waals surface area contributed by atoms with Gasteiger partial charge in [0.15, 0.2) is 0 Å². The van der Waals surface area contributed by atoms with E-state index in [2.05, 4.69) is 10.0 Å². The molecular weight excluding hydrogens is 373 g/mol. The van der Waals surface area contributed by atoms with E-state index >= 15 is 0 Å². The molecule has 6 nitrogen and oxygen atoms in total. The Labute approximate surface area is 153 Å². The van der Waals surface area contributed by atoms with Crippen LogP contribution in [0.3, 0.4) is 0 Å². The van der Waals surface area contributed by atoms with Crippen LogP contribution < -0.4 is 10.0 Å². The molecular formula is C15H23Cl2N3O3S. The van der Waals surface area contributed by atoms with Crippen molar-refractivity contribution in [1.29, 1.82) is 0 Å². The third-order valence-electron chi connectivity index (χ3n) is 3.01. The van der Waals surface area contributed by atoms with E-state index in [0.29, 0.717) is 6.54 Å². The zero-order valence-electron chi connectivity index (χ0n) is 14.2. The molecule has 0 saturated carbocycles. The van der Waals surface area contributed by atoms with Crippen molar-refractivity contribution in [3.05, 3.63) is 27.7 Å². The van der Waals surface area contributed by atoms with Gasteiger partial charge in [-0.25, -0.2) is 13.1 Å². The number of nitrogens with one attached hydrogen (secondary N) is 2. The number of carbonyl (C=O) groups is 1. The molecule has 0 saturated heterocycles. The van der Waals surface area contributed by atoms with Crippen molar-refractivity contribution in [2.75, 3.05) is 27.2 Å². The van der Waals surface area contributed by atoms with Crippen molar-refractivity contribution < 1.29 is 13.2 Å². The fourth-order valence-electron chi connectivity index (χ4n) is 1.98. The van der Waals surface area contributed by atoms with Gasteiger partial charge in [-0.15, -0.1) is 0 Å². The zero-order valence-corrected chi connectivity index (χ0v) is 16.5. The zero-order chi connectivity index (χ0) is 18.5. The second kappa shape index (κ2) is 9.01. The fraction of sp³-hybridized carbons (Fsp3) is 0.533. The van der Waals surface area contributed by atoms with Crippen molar-refractivity contribution in [1.82, 2.24) is 14.9 Å². The molecule has 0 fully saturated rings. The first-order chi connectivity index (χ1) is 11.0. The van der Waals surface area contributed by atoms with Crippen molar-refractivity contribution in [2.24, 2.45) is 0 Å². The van der Waals surface area contributed by atoms with E-state index in [-0.39, 0.29) is 26.5 Å². The molecule has 0 radical (unpaired) electrons. The first-order valence-corrected chi connectivity index (χ1v) is 9.73. The highest BCUT2D eigenvalue weighted by Gasteiger charge is 2.23. The molecule has 0 atom stereocenters. The minimum Gasteiger partial charge on any atom is -0.352 e. The molecule has 0 aliphatic rings. The monoisotopic (exact) mass is 395 g/mol. The Balaban J connectivity index is 3.00. The molecule has 0 bridgehead atoms. The Morgan fingerprint density at radius 3 is 2.38 bits per heavy atom. The van der Waals surface area contributed by atoms with E-state index in [9.17, 15) is 13.2 Å². The summed E-state index contributed by atoms with van der Waals surface area (Å²) >= 11 is 12.0. The standard InChI is InChI=1S/C15H23Cl2N3O3S/c1-10(2)19-24(22,23)14-8-11(12(16)9-13(14)17)15(21)18-6-5-7-20(3)4/h8-10,19H,5-7H2,1-4H3,(H,18,21). The van der Waals surface area contributed by atoms with Gasteiger partial charge < -0.3 is 10.2 Å². The lowest BCUT2D eigenvalue weighted by Gasteiger charge is -2.14. The third kappa shape index (κ3) is 6.22. The van der Waals surface area contributed by atoms with Crippen LogP contribution in [0.25, 0.3) is 0 Å². The number of amides is 1. The summed E-state index contributed by atoms with van der Waals surface area (Å²) in [5.41, 5.74) is 0.0788. The number of hydrogen-bond donors (Lipinski definition) is 2. The molecule has 0 unspecified atom stereocenters. The summed E-state index contributed by atoms with van der Waals surface area (Å²) < 4.78 is 27.1. The highest BCUT2D eigenvalue weighted by molar-refractivity contribution is 7.89. The van der Waals surface area contributed by atoms with Crippen molar-refractivity contribution >= 4 is 39.1 Å². The molecule has 1 aromatic rings. The number of nitrogens with zero attached hydrogens (tertiary/aromatic N) is 1. The maximum Gasteiger partial charge on any atom is 0.252 e. The van der Waals surface area contributed by atoms with Gasteiger partial charge in [-0.2, -0.15) is 0 Å². The van der Waals surface area contributed by atoms with Gasteiger partial charge in [0.05, 0.1) is 15.6 Å². The van der Waals surface area contributed by atoms with Crippen LogP contribution in [0.4, 0.5) is 0 Å². The highest BCUT2D eigenvalue weighted by atomic mass is 35.5. The van der Waals surface area contributed by atoms with Gasteiger partial charge in [0.2, 0.25) is 10.0 Å². The summed E-state index contributed by atoms with van der Waals surface area (Å²) in [7, 11) is 0.0558. The number of halogens is 2. The lowest BCUT2D eigenvalue weighted by Crippen LogP contribution is -2.31. The van der Waals surface area contributed by atoms with Gasteiger partial charge in [0, 0.05) is 12.6 Å².